The number of nitrogens with one attached hydrogen (secondary N) is 1. The zero-order chi connectivity index (χ0) is 17.9. The Labute approximate surface area is 143 Å². The molecule has 0 aliphatic carbocycles. The number of amides is 1. The first kappa shape index (κ1) is 17.7. The zero-order valence-corrected chi connectivity index (χ0v) is 14.1. The summed E-state index contributed by atoms with van der Waals surface area (Å²) in [5.74, 6) is -0.229. The lowest BCUT2D eigenvalue weighted by Gasteiger charge is -2.23. The summed E-state index contributed by atoms with van der Waals surface area (Å²) in [7, 11) is 0. The van der Waals surface area contributed by atoms with Crippen LogP contribution >= 0.6 is 11.6 Å². The Kier molecular flexibility index (Phi) is 5.04. The molecule has 0 aliphatic heterocycles. The van der Waals surface area contributed by atoms with Gasteiger partial charge in [0, 0.05) is 23.4 Å². The van der Waals surface area contributed by atoms with Gasteiger partial charge in [-0.2, -0.15) is 0 Å². The summed E-state index contributed by atoms with van der Waals surface area (Å²) in [4.78, 5) is 26.8. The van der Waals surface area contributed by atoms with Crippen LogP contribution in [0.15, 0.2) is 36.7 Å². The molecule has 0 bridgehead atoms. The van der Waals surface area contributed by atoms with Crippen molar-refractivity contribution in [3.63, 3.8) is 0 Å². The second-order valence-electron chi connectivity index (χ2n) is 5.96. The normalized spacial score (nSPS) is 11.0. The second kappa shape index (κ2) is 6.84. The maximum absolute atomic E-state index is 12.4. The van der Waals surface area contributed by atoms with Crippen molar-refractivity contribution in [1.29, 1.82) is 0 Å². The summed E-state index contributed by atoms with van der Waals surface area (Å²) in [6, 6.07) is 5.46. The van der Waals surface area contributed by atoms with Crippen molar-refractivity contribution in [3.8, 4) is 5.75 Å². The number of nitro benzene ring substituents is 1. The number of ether oxygens (including phenoxy) is 1. The predicted octanol–water partition coefficient (Wildman–Crippen LogP) is 4.07. The summed E-state index contributed by atoms with van der Waals surface area (Å²) in [5.41, 5.74) is -0.633. The Morgan fingerprint density at radius 1 is 1.33 bits per heavy atom. The van der Waals surface area contributed by atoms with Crippen molar-refractivity contribution in [1.82, 2.24) is 4.98 Å². The average Bonchev–Trinajstić information content (AvgIpc) is 2.47. The highest BCUT2D eigenvalue weighted by Crippen LogP contribution is 2.29. The Morgan fingerprint density at radius 3 is 2.67 bits per heavy atom. The van der Waals surface area contributed by atoms with E-state index in [0.29, 0.717) is 11.4 Å². The summed E-state index contributed by atoms with van der Waals surface area (Å²) in [5, 5.41) is 13.9. The highest BCUT2D eigenvalue weighted by Gasteiger charge is 2.22. The molecular formula is C16H16ClN3O4. The Balaban J connectivity index is 2.33. The number of carbonyl (C=O) groups excluding carboxylic acids is 1. The van der Waals surface area contributed by atoms with E-state index in [1.807, 2.05) is 20.8 Å². The van der Waals surface area contributed by atoms with Gasteiger partial charge >= 0.3 is 0 Å². The Bertz CT molecular complexity index is 787. The summed E-state index contributed by atoms with van der Waals surface area (Å²) in [6.07, 6.45) is 2.95. The topological polar surface area (TPSA) is 94.4 Å². The van der Waals surface area contributed by atoms with Crippen LogP contribution in [0.3, 0.4) is 0 Å². The molecule has 7 nitrogen and oxygen atoms in total. The number of nitrogens with zero attached hydrogens (tertiary/aromatic N) is 2. The number of pyridine rings is 1. The van der Waals surface area contributed by atoms with E-state index in [1.54, 1.807) is 6.07 Å². The van der Waals surface area contributed by atoms with E-state index in [-0.39, 0.29) is 16.3 Å². The van der Waals surface area contributed by atoms with Crippen molar-refractivity contribution in [2.45, 2.75) is 26.4 Å². The number of aromatic nitrogens is 1. The summed E-state index contributed by atoms with van der Waals surface area (Å²) < 4.78 is 5.76. The standard InChI is InChI=1S/C16H16ClN3O4/c1-16(2,3)24-14-6-7-18-9-12(14)19-15(21)11-5-4-10(17)8-13(11)20(22)23/h4-9H,1-3H3,(H,19,21). The van der Waals surface area contributed by atoms with E-state index in [2.05, 4.69) is 10.3 Å². The van der Waals surface area contributed by atoms with Gasteiger partial charge in [-0.25, -0.2) is 0 Å². The zero-order valence-electron chi connectivity index (χ0n) is 13.4. The fraction of sp³-hybridized carbons (Fsp3) is 0.250. The molecule has 2 rings (SSSR count). The number of rotatable bonds is 4. The van der Waals surface area contributed by atoms with E-state index < -0.39 is 16.4 Å². The van der Waals surface area contributed by atoms with Crippen LogP contribution in [0.2, 0.25) is 5.02 Å². The maximum atomic E-state index is 12.4. The molecule has 0 saturated heterocycles. The SMILES string of the molecule is CC(C)(C)Oc1ccncc1NC(=O)c1ccc(Cl)cc1[N+](=O)[O-]. The van der Waals surface area contributed by atoms with Crippen LogP contribution in [0.5, 0.6) is 5.75 Å². The van der Waals surface area contributed by atoms with Crippen molar-refractivity contribution in [2.24, 2.45) is 0 Å². The van der Waals surface area contributed by atoms with Gasteiger partial charge in [0.2, 0.25) is 0 Å². The molecule has 1 amide bonds. The predicted molar refractivity (Wildman–Crippen MR) is 90.7 cm³/mol. The lowest BCUT2D eigenvalue weighted by Crippen LogP contribution is -2.24. The second-order valence-corrected chi connectivity index (χ2v) is 6.40. The number of halogens is 1. The average molecular weight is 350 g/mol. The van der Waals surface area contributed by atoms with Crippen molar-refractivity contribution < 1.29 is 14.5 Å². The molecule has 126 valence electrons. The van der Waals surface area contributed by atoms with Gasteiger partial charge in [0.05, 0.1) is 11.1 Å². The van der Waals surface area contributed by atoms with E-state index in [1.165, 1.54) is 24.5 Å². The summed E-state index contributed by atoms with van der Waals surface area (Å²) >= 11 is 5.76. The van der Waals surface area contributed by atoms with Gasteiger partial charge < -0.3 is 10.1 Å². The number of nitro groups is 1. The molecule has 0 saturated carbocycles. The minimum atomic E-state index is -0.656. The molecule has 0 radical (unpaired) electrons. The van der Waals surface area contributed by atoms with Gasteiger partial charge in [0.25, 0.3) is 11.6 Å². The van der Waals surface area contributed by atoms with Crippen LogP contribution in [0, 0.1) is 10.1 Å². The first-order chi connectivity index (χ1) is 11.2. The first-order valence-electron chi connectivity index (χ1n) is 7.06. The molecular weight excluding hydrogens is 334 g/mol. The van der Waals surface area contributed by atoms with E-state index in [0.717, 1.165) is 6.07 Å². The maximum Gasteiger partial charge on any atom is 0.283 e. The van der Waals surface area contributed by atoms with E-state index in [4.69, 9.17) is 16.3 Å². The molecule has 1 aromatic heterocycles. The van der Waals surface area contributed by atoms with Crippen LogP contribution in [-0.2, 0) is 0 Å². The van der Waals surface area contributed by atoms with Crippen LogP contribution in [0.4, 0.5) is 11.4 Å². The van der Waals surface area contributed by atoms with Crippen LogP contribution < -0.4 is 10.1 Å². The molecule has 0 atom stereocenters. The van der Waals surface area contributed by atoms with Crippen molar-refractivity contribution >= 4 is 28.9 Å². The van der Waals surface area contributed by atoms with E-state index >= 15 is 0 Å². The monoisotopic (exact) mass is 349 g/mol. The van der Waals surface area contributed by atoms with Crippen molar-refractivity contribution in [3.05, 3.63) is 57.4 Å². The number of benzene rings is 1. The molecule has 8 heteroatoms. The quantitative estimate of drug-likeness (QED) is 0.663. The molecule has 2 aromatic rings. The fourth-order valence-electron chi connectivity index (χ4n) is 1.93. The lowest BCUT2D eigenvalue weighted by atomic mass is 10.1. The van der Waals surface area contributed by atoms with Gasteiger partial charge in [-0.3, -0.25) is 19.9 Å². The molecule has 0 aliphatic rings. The fourth-order valence-corrected chi connectivity index (χ4v) is 2.10. The van der Waals surface area contributed by atoms with Crippen LogP contribution in [0.25, 0.3) is 0 Å². The number of hydrogen-bond acceptors (Lipinski definition) is 5. The van der Waals surface area contributed by atoms with Crippen LogP contribution in [0.1, 0.15) is 31.1 Å². The third kappa shape index (κ3) is 4.42. The third-order valence-corrected chi connectivity index (χ3v) is 3.08. The van der Waals surface area contributed by atoms with Crippen LogP contribution in [-0.4, -0.2) is 21.4 Å². The molecule has 1 heterocycles. The first-order valence-corrected chi connectivity index (χ1v) is 7.43. The number of carbonyl (C=O) groups is 1. The largest absolute Gasteiger partial charge is 0.486 e. The molecule has 24 heavy (non-hydrogen) atoms. The molecule has 1 aromatic carbocycles. The molecule has 0 spiro atoms. The van der Waals surface area contributed by atoms with E-state index in [9.17, 15) is 14.9 Å². The minimum Gasteiger partial charge on any atom is -0.486 e. The minimum absolute atomic E-state index is 0.102. The van der Waals surface area contributed by atoms with Gasteiger partial charge in [-0.1, -0.05) is 11.6 Å². The highest BCUT2D eigenvalue weighted by molar-refractivity contribution is 6.31. The Morgan fingerprint density at radius 2 is 2.04 bits per heavy atom. The number of anilines is 1. The smallest absolute Gasteiger partial charge is 0.283 e. The van der Waals surface area contributed by atoms with Gasteiger partial charge in [-0.05, 0) is 32.9 Å². The van der Waals surface area contributed by atoms with Crippen molar-refractivity contribution in [2.75, 3.05) is 5.32 Å². The van der Waals surface area contributed by atoms with Gasteiger partial charge in [0.15, 0.2) is 0 Å². The molecule has 0 unspecified atom stereocenters. The third-order valence-electron chi connectivity index (χ3n) is 2.85. The molecule has 1 N–H and O–H groups in total. The Hall–Kier alpha value is -2.67. The number of hydrogen-bond donors (Lipinski definition) is 1. The van der Waals surface area contributed by atoms with Gasteiger partial charge in [0.1, 0.15) is 22.6 Å². The summed E-state index contributed by atoms with van der Waals surface area (Å²) in [6.45, 7) is 5.59. The highest BCUT2D eigenvalue weighted by atomic mass is 35.5. The van der Waals surface area contributed by atoms with Gasteiger partial charge in [-0.15, -0.1) is 0 Å². The molecule has 0 fully saturated rings. The lowest BCUT2D eigenvalue weighted by molar-refractivity contribution is -0.385.